The maximum absolute atomic E-state index is 6.21. The van der Waals surface area contributed by atoms with E-state index in [4.69, 9.17) is 46.4 Å². The van der Waals surface area contributed by atoms with E-state index >= 15 is 0 Å². The molecule has 0 saturated carbocycles. The second-order valence-electron chi connectivity index (χ2n) is 3.69. The number of hydrogen-bond donors (Lipinski definition) is 1. The number of hydrogen-bond acceptors (Lipinski definition) is 2. The molecule has 1 heterocycles. The Morgan fingerprint density at radius 3 is 2.22 bits per heavy atom. The third-order valence-electron chi connectivity index (χ3n) is 2.39. The minimum atomic E-state index is 0.407. The number of nitrogens with one attached hydrogen (secondary N) is 1. The van der Waals surface area contributed by atoms with E-state index in [9.17, 15) is 0 Å². The molecule has 1 aromatic heterocycles. The Bertz CT molecular complexity index is 553. The fourth-order valence-electron chi connectivity index (χ4n) is 1.59. The zero-order valence-corrected chi connectivity index (χ0v) is 13.2. The lowest BCUT2D eigenvalue weighted by atomic mass is 10.1. The van der Waals surface area contributed by atoms with Crippen LogP contribution in [0.4, 0.5) is 0 Å². The van der Waals surface area contributed by atoms with E-state index in [0.717, 1.165) is 11.4 Å². The van der Waals surface area contributed by atoms with Gasteiger partial charge in [0.2, 0.25) is 0 Å². The Kier molecular flexibility index (Phi) is 4.81. The molecule has 0 aliphatic rings. The molecule has 1 nitrogen and oxygen atoms in total. The molecule has 0 aliphatic carbocycles. The Hall–Kier alpha value is 0.0400. The summed E-state index contributed by atoms with van der Waals surface area (Å²) in [5, 5.41) is 6.82. The predicted octanol–water partition coefficient (Wildman–Crippen LogP) is 5.75. The van der Waals surface area contributed by atoms with E-state index in [1.807, 2.05) is 18.5 Å². The van der Waals surface area contributed by atoms with Crippen LogP contribution in [0.5, 0.6) is 0 Å². The Morgan fingerprint density at radius 1 is 1.06 bits per heavy atom. The summed E-state index contributed by atoms with van der Waals surface area (Å²) in [6.45, 7) is 0.792. The topological polar surface area (TPSA) is 12.0 Å². The van der Waals surface area contributed by atoms with Gasteiger partial charge in [-0.3, -0.25) is 0 Å². The molecular weight excluding hydrogens is 332 g/mol. The van der Waals surface area contributed by atoms with E-state index in [0.29, 0.717) is 25.7 Å². The molecule has 0 spiro atoms. The number of halogens is 4. The van der Waals surface area contributed by atoms with Gasteiger partial charge in [0.1, 0.15) is 0 Å². The van der Waals surface area contributed by atoms with Crippen molar-refractivity contribution in [2.75, 3.05) is 7.05 Å². The van der Waals surface area contributed by atoms with Crippen molar-refractivity contribution in [1.29, 1.82) is 0 Å². The second-order valence-corrected chi connectivity index (χ2v) is 6.17. The van der Waals surface area contributed by atoms with Crippen molar-refractivity contribution < 1.29 is 0 Å². The standard InChI is InChI=1S/C12H9Cl4NS/c1-17-4-6-2-9(18-5-6)10-11(15)7(13)3-8(14)12(10)16/h2-3,5,17H,4H2,1H3. The summed E-state index contributed by atoms with van der Waals surface area (Å²) in [6.07, 6.45) is 0. The molecule has 0 fully saturated rings. The van der Waals surface area contributed by atoms with Gasteiger partial charge >= 0.3 is 0 Å². The summed E-state index contributed by atoms with van der Waals surface area (Å²) in [6, 6.07) is 3.58. The first kappa shape index (κ1) is 14.4. The summed E-state index contributed by atoms with van der Waals surface area (Å²) in [7, 11) is 1.90. The van der Waals surface area contributed by atoms with Crippen LogP contribution in [0.15, 0.2) is 17.5 Å². The van der Waals surface area contributed by atoms with Gasteiger partial charge in [-0.05, 0) is 30.1 Å². The third kappa shape index (κ3) is 2.79. The largest absolute Gasteiger partial charge is 0.316 e. The monoisotopic (exact) mass is 339 g/mol. The maximum atomic E-state index is 6.21. The first-order chi connectivity index (χ1) is 8.54. The maximum Gasteiger partial charge on any atom is 0.0694 e. The average Bonchev–Trinajstić information content (AvgIpc) is 2.76. The quantitative estimate of drug-likeness (QED) is 0.701. The molecule has 0 unspecified atom stereocenters. The normalized spacial score (nSPS) is 10.9. The van der Waals surface area contributed by atoms with Crippen LogP contribution in [0.25, 0.3) is 10.4 Å². The molecule has 6 heteroatoms. The molecule has 0 amide bonds. The van der Waals surface area contributed by atoms with Gasteiger partial charge in [-0.2, -0.15) is 0 Å². The molecule has 0 atom stereocenters. The molecule has 0 aliphatic heterocycles. The smallest absolute Gasteiger partial charge is 0.0694 e. The van der Waals surface area contributed by atoms with Gasteiger partial charge in [-0.15, -0.1) is 11.3 Å². The summed E-state index contributed by atoms with van der Waals surface area (Å²) in [4.78, 5) is 0.958. The van der Waals surface area contributed by atoms with Crippen LogP contribution in [0.2, 0.25) is 20.1 Å². The molecular formula is C12H9Cl4NS. The lowest BCUT2D eigenvalue weighted by Gasteiger charge is -2.08. The SMILES string of the molecule is CNCc1csc(-c2c(Cl)c(Cl)cc(Cl)c2Cl)c1. The van der Waals surface area contributed by atoms with E-state index < -0.39 is 0 Å². The van der Waals surface area contributed by atoms with Gasteiger partial charge in [0.25, 0.3) is 0 Å². The summed E-state index contributed by atoms with van der Waals surface area (Å²) in [5.74, 6) is 0. The molecule has 2 aromatic rings. The molecule has 0 saturated heterocycles. The highest BCUT2D eigenvalue weighted by molar-refractivity contribution is 7.13. The van der Waals surface area contributed by atoms with Crippen LogP contribution in [-0.4, -0.2) is 7.05 Å². The highest BCUT2D eigenvalue weighted by Crippen LogP contribution is 2.45. The Balaban J connectivity index is 2.55. The Labute approximate surface area is 130 Å². The van der Waals surface area contributed by atoms with Crippen LogP contribution in [0.1, 0.15) is 5.56 Å². The van der Waals surface area contributed by atoms with Gasteiger partial charge in [-0.25, -0.2) is 0 Å². The average molecular weight is 341 g/mol. The number of thiophene rings is 1. The van der Waals surface area contributed by atoms with Crippen molar-refractivity contribution in [2.45, 2.75) is 6.54 Å². The summed E-state index contributed by atoms with van der Waals surface area (Å²) >= 11 is 26.0. The summed E-state index contributed by atoms with van der Waals surface area (Å²) in [5.41, 5.74) is 1.86. The highest BCUT2D eigenvalue weighted by Gasteiger charge is 2.17. The van der Waals surface area contributed by atoms with Crippen molar-refractivity contribution in [2.24, 2.45) is 0 Å². The molecule has 96 valence electrons. The van der Waals surface area contributed by atoms with Crippen LogP contribution >= 0.6 is 57.7 Å². The van der Waals surface area contributed by atoms with Gasteiger partial charge < -0.3 is 5.32 Å². The first-order valence-electron chi connectivity index (χ1n) is 5.10. The van der Waals surface area contributed by atoms with Crippen molar-refractivity contribution in [3.8, 4) is 10.4 Å². The fraction of sp³-hybridized carbons (Fsp3) is 0.167. The van der Waals surface area contributed by atoms with Crippen molar-refractivity contribution >= 4 is 57.7 Å². The Morgan fingerprint density at radius 2 is 1.67 bits per heavy atom. The molecule has 0 radical (unpaired) electrons. The minimum absolute atomic E-state index is 0.407. The van der Waals surface area contributed by atoms with Crippen LogP contribution in [-0.2, 0) is 6.54 Å². The van der Waals surface area contributed by atoms with Crippen LogP contribution in [0, 0.1) is 0 Å². The van der Waals surface area contributed by atoms with E-state index in [1.54, 1.807) is 17.4 Å². The molecule has 0 bridgehead atoms. The van der Waals surface area contributed by atoms with Gasteiger partial charge in [0, 0.05) is 17.0 Å². The van der Waals surface area contributed by atoms with Gasteiger partial charge in [0.05, 0.1) is 20.1 Å². The van der Waals surface area contributed by atoms with Crippen LogP contribution in [0.3, 0.4) is 0 Å². The highest BCUT2D eigenvalue weighted by atomic mass is 35.5. The van der Waals surface area contributed by atoms with Crippen molar-refractivity contribution in [3.63, 3.8) is 0 Å². The summed E-state index contributed by atoms with van der Waals surface area (Å²) < 4.78 is 0. The number of rotatable bonds is 3. The molecule has 2 rings (SSSR count). The molecule has 1 N–H and O–H groups in total. The van der Waals surface area contributed by atoms with E-state index in [1.165, 1.54) is 5.56 Å². The third-order valence-corrected chi connectivity index (χ3v) is 4.96. The van der Waals surface area contributed by atoms with E-state index in [2.05, 4.69) is 5.32 Å². The van der Waals surface area contributed by atoms with Gasteiger partial charge in [-0.1, -0.05) is 46.4 Å². The zero-order chi connectivity index (χ0) is 13.3. The first-order valence-corrected chi connectivity index (χ1v) is 7.49. The lowest BCUT2D eigenvalue weighted by molar-refractivity contribution is 0.821. The van der Waals surface area contributed by atoms with E-state index in [-0.39, 0.29) is 0 Å². The predicted molar refractivity (Wildman–Crippen MR) is 82.6 cm³/mol. The van der Waals surface area contributed by atoms with Crippen LogP contribution < -0.4 is 5.32 Å². The number of benzene rings is 1. The zero-order valence-electron chi connectivity index (χ0n) is 9.36. The molecule has 18 heavy (non-hydrogen) atoms. The fourth-order valence-corrected chi connectivity index (χ4v) is 3.69. The minimum Gasteiger partial charge on any atom is -0.316 e. The second kappa shape index (κ2) is 6.00. The van der Waals surface area contributed by atoms with Crippen molar-refractivity contribution in [1.82, 2.24) is 5.32 Å². The molecule has 1 aromatic carbocycles. The van der Waals surface area contributed by atoms with Gasteiger partial charge in [0.15, 0.2) is 0 Å². The van der Waals surface area contributed by atoms with Crippen molar-refractivity contribution in [3.05, 3.63) is 43.2 Å². The lowest BCUT2D eigenvalue weighted by Crippen LogP contribution is -2.03.